The lowest BCUT2D eigenvalue weighted by atomic mass is 10.1. The van der Waals surface area contributed by atoms with Crippen LogP contribution in [0.1, 0.15) is 11.3 Å². The zero-order chi connectivity index (χ0) is 14.7. The fourth-order valence-electron chi connectivity index (χ4n) is 2.12. The van der Waals surface area contributed by atoms with Gasteiger partial charge in [-0.1, -0.05) is 41.9 Å². The zero-order valence-electron chi connectivity index (χ0n) is 11.6. The fourth-order valence-corrected chi connectivity index (χ4v) is 2.29. The molecule has 3 aromatic rings. The number of rotatable bonds is 4. The zero-order valence-corrected chi connectivity index (χ0v) is 12.4. The van der Waals surface area contributed by atoms with Crippen LogP contribution in [0.4, 0.5) is 0 Å². The first kappa shape index (κ1) is 13.7. The molecule has 0 aliphatic rings. The number of ether oxygens (including phenoxy) is 1. The van der Waals surface area contributed by atoms with Gasteiger partial charge in [0, 0.05) is 16.3 Å². The number of halogens is 1. The average Bonchev–Trinajstić information content (AvgIpc) is 2.93. The van der Waals surface area contributed by atoms with Crippen molar-refractivity contribution in [1.29, 1.82) is 0 Å². The molecule has 0 spiro atoms. The highest BCUT2D eigenvalue weighted by atomic mass is 35.5. The molecule has 0 amide bonds. The minimum atomic E-state index is 0.513. The minimum absolute atomic E-state index is 0.513. The van der Waals surface area contributed by atoms with E-state index in [1.165, 1.54) is 0 Å². The van der Waals surface area contributed by atoms with E-state index in [4.69, 9.17) is 16.3 Å². The molecule has 0 radical (unpaired) electrons. The van der Waals surface area contributed by atoms with E-state index >= 15 is 0 Å². The number of nitrogens with zero attached hydrogens (tertiary/aromatic N) is 1. The molecule has 0 aliphatic heterocycles. The van der Waals surface area contributed by atoms with Crippen LogP contribution >= 0.6 is 11.6 Å². The number of aromatic nitrogens is 2. The Hall–Kier alpha value is -2.26. The molecule has 0 saturated heterocycles. The molecule has 1 aromatic heterocycles. The summed E-state index contributed by atoms with van der Waals surface area (Å²) in [5.74, 6) is 0.773. The van der Waals surface area contributed by atoms with Crippen molar-refractivity contribution in [2.45, 2.75) is 13.5 Å². The first-order chi connectivity index (χ1) is 10.2. The predicted octanol–water partition coefficient (Wildman–Crippen LogP) is 4.62. The predicted molar refractivity (Wildman–Crippen MR) is 84.5 cm³/mol. The van der Waals surface area contributed by atoms with Crippen LogP contribution in [0.3, 0.4) is 0 Å². The number of nitrogens with one attached hydrogen (secondary N) is 1. The van der Waals surface area contributed by atoms with Crippen LogP contribution < -0.4 is 4.74 Å². The number of benzene rings is 2. The van der Waals surface area contributed by atoms with E-state index in [1.54, 1.807) is 0 Å². The molecule has 1 heterocycles. The normalized spacial score (nSPS) is 10.6. The number of aromatic amines is 1. The molecule has 3 nitrogen and oxygen atoms in total. The second-order valence-corrected chi connectivity index (χ2v) is 5.29. The minimum Gasteiger partial charge on any atom is -0.488 e. The van der Waals surface area contributed by atoms with Crippen LogP contribution in [-0.2, 0) is 6.61 Å². The third-order valence-corrected chi connectivity index (χ3v) is 3.40. The van der Waals surface area contributed by atoms with Gasteiger partial charge in [-0.15, -0.1) is 0 Å². The summed E-state index contributed by atoms with van der Waals surface area (Å²) < 4.78 is 5.93. The van der Waals surface area contributed by atoms with Crippen LogP contribution in [0, 0.1) is 6.92 Å². The van der Waals surface area contributed by atoms with Crippen LogP contribution in [-0.4, -0.2) is 10.2 Å². The summed E-state index contributed by atoms with van der Waals surface area (Å²) in [5, 5.41) is 7.88. The van der Waals surface area contributed by atoms with Gasteiger partial charge in [0.15, 0.2) is 0 Å². The number of hydrogen-bond acceptors (Lipinski definition) is 2. The molecule has 0 fully saturated rings. The number of H-pyrrole nitrogens is 1. The van der Waals surface area contributed by atoms with Gasteiger partial charge in [0.25, 0.3) is 0 Å². The van der Waals surface area contributed by atoms with Crippen LogP contribution in [0.2, 0.25) is 5.02 Å². The average molecular weight is 299 g/mol. The van der Waals surface area contributed by atoms with Crippen molar-refractivity contribution in [3.05, 3.63) is 70.9 Å². The third kappa shape index (κ3) is 3.26. The highest BCUT2D eigenvalue weighted by Gasteiger charge is 2.10. The quantitative estimate of drug-likeness (QED) is 0.763. The molecule has 0 aliphatic carbocycles. The summed E-state index contributed by atoms with van der Waals surface area (Å²) in [6.45, 7) is 2.48. The summed E-state index contributed by atoms with van der Waals surface area (Å²) in [6.07, 6.45) is 0. The van der Waals surface area contributed by atoms with Crippen LogP contribution in [0.15, 0.2) is 54.6 Å². The standard InChI is InChI=1S/C17H15ClN2O/c1-12-9-16(20-19-12)15-10-14(18)7-8-17(15)21-11-13-5-3-2-4-6-13/h2-10H,11H2,1H3,(H,19,20). The van der Waals surface area contributed by atoms with Crippen molar-refractivity contribution in [3.63, 3.8) is 0 Å². The number of aryl methyl sites for hydroxylation is 1. The first-order valence-electron chi connectivity index (χ1n) is 6.71. The smallest absolute Gasteiger partial charge is 0.129 e. The van der Waals surface area contributed by atoms with Gasteiger partial charge in [-0.3, -0.25) is 5.10 Å². The van der Waals surface area contributed by atoms with Gasteiger partial charge in [-0.25, -0.2) is 0 Å². The van der Waals surface area contributed by atoms with Crippen molar-refractivity contribution in [2.75, 3.05) is 0 Å². The molecule has 21 heavy (non-hydrogen) atoms. The van der Waals surface area contributed by atoms with Crippen molar-refractivity contribution in [2.24, 2.45) is 0 Å². The Bertz CT molecular complexity index is 738. The van der Waals surface area contributed by atoms with Crippen LogP contribution in [0.5, 0.6) is 5.75 Å². The van der Waals surface area contributed by atoms with Gasteiger partial charge >= 0.3 is 0 Å². The molecular formula is C17H15ClN2O. The van der Waals surface area contributed by atoms with E-state index in [2.05, 4.69) is 10.2 Å². The second-order valence-electron chi connectivity index (χ2n) is 4.85. The topological polar surface area (TPSA) is 37.9 Å². The van der Waals surface area contributed by atoms with E-state index < -0.39 is 0 Å². The molecule has 0 saturated carbocycles. The van der Waals surface area contributed by atoms with Gasteiger partial charge in [0.05, 0.1) is 5.69 Å². The third-order valence-electron chi connectivity index (χ3n) is 3.16. The van der Waals surface area contributed by atoms with Gasteiger partial charge in [0.1, 0.15) is 12.4 Å². The molecule has 0 atom stereocenters. The summed E-state index contributed by atoms with van der Waals surface area (Å²) in [7, 11) is 0. The number of hydrogen-bond donors (Lipinski definition) is 1. The highest BCUT2D eigenvalue weighted by molar-refractivity contribution is 6.30. The first-order valence-corrected chi connectivity index (χ1v) is 7.09. The van der Waals surface area contributed by atoms with Gasteiger partial charge in [-0.2, -0.15) is 5.10 Å². The maximum Gasteiger partial charge on any atom is 0.129 e. The van der Waals surface area contributed by atoms with Crippen LogP contribution in [0.25, 0.3) is 11.3 Å². The molecular weight excluding hydrogens is 284 g/mol. The van der Waals surface area contributed by atoms with Crippen molar-refractivity contribution < 1.29 is 4.74 Å². The lowest BCUT2D eigenvalue weighted by Crippen LogP contribution is -1.97. The Labute approximate surface area is 128 Å². The fraction of sp³-hybridized carbons (Fsp3) is 0.118. The Balaban J connectivity index is 1.88. The Kier molecular flexibility index (Phi) is 3.93. The van der Waals surface area contributed by atoms with Crippen molar-refractivity contribution >= 4 is 11.6 Å². The van der Waals surface area contributed by atoms with E-state index in [0.717, 1.165) is 28.3 Å². The largest absolute Gasteiger partial charge is 0.488 e. The second kappa shape index (κ2) is 6.02. The molecule has 0 unspecified atom stereocenters. The maximum absolute atomic E-state index is 6.10. The van der Waals surface area contributed by atoms with E-state index in [1.807, 2.05) is 61.5 Å². The van der Waals surface area contributed by atoms with E-state index in [9.17, 15) is 0 Å². The lowest BCUT2D eigenvalue weighted by Gasteiger charge is -2.10. The van der Waals surface area contributed by atoms with Crippen molar-refractivity contribution in [1.82, 2.24) is 10.2 Å². The monoisotopic (exact) mass is 298 g/mol. The Morgan fingerprint density at radius 2 is 1.90 bits per heavy atom. The summed E-state index contributed by atoms with van der Waals surface area (Å²) in [5.41, 5.74) is 3.84. The van der Waals surface area contributed by atoms with E-state index in [-0.39, 0.29) is 0 Å². The molecule has 3 rings (SSSR count). The molecule has 1 N–H and O–H groups in total. The Morgan fingerprint density at radius 1 is 1.10 bits per heavy atom. The molecule has 0 bridgehead atoms. The van der Waals surface area contributed by atoms with Gasteiger partial charge < -0.3 is 4.74 Å². The summed E-state index contributed by atoms with van der Waals surface area (Å²) in [6, 6.07) is 17.6. The summed E-state index contributed by atoms with van der Waals surface area (Å²) in [4.78, 5) is 0. The van der Waals surface area contributed by atoms with Gasteiger partial charge in [0.2, 0.25) is 0 Å². The molecule has 4 heteroatoms. The SMILES string of the molecule is Cc1cc(-c2cc(Cl)ccc2OCc2ccccc2)n[nH]1. The van der Waals surface area contributed by atoms with E-state index in [0.29, 0.717) is 11.6 Å². The lowest BCUT2D eigenvalue weighted by molar-refractivity contribution is 0.307. The Morgan fingerprint density at radius 3 is 2.62 bits per heavy atom. The maximum atomic E-state index is 6.10. The molecule has 2 aromatic carbocycles. The molecule has 106 valence electrons. The van der Waals surface area contributed by atoms with Crippen molar-refractivity contribution in [3.8, 4) is 17.0 Å². The summed E-state index contributed by atoms with van der Waals surface area (Å²) >= 11 is 6.10. The highest BCUT2D eigenvalue weighted by Crippen LogP contribution is 2.32. The van der Waals surface area contributed by atoms with Gasteiger partial charge in [-0.05, 0) is 36.8 Å².